The van der Waals surface area contributed by atoms with Crippen LogP contribution in [0.25, 0.3) is 22.1 Å². The molecule has 23 heteroatoms. The Morgan fingerprint density at radius 2 is 1.29 bits per heavy atom. The van der Waals surface area contributed by atoms with E-state index in [4.69, 9.17) is 28.1 Å². The van der Waals surface area contributed by atoms with Crippen molar-refractivity contribution in [3.8, 4) is 28.4 Å². The van der Waals surface area contributed by atoms with Crippen molar-refractivity contribution >= 4 is 11.0 Å². The highest BCUT2D eigenvalue weighted by Crippen LogP contribution is 2.53. The Labute approximate surface area is 312 Å². The third-order valence-electron chi connectivity index (χ3n) is 9.92. The van der Waals surface area contributed by atoms with Crippen molar-refractivity contribution in [2.24, 2.45) is 0 Å². The second kappa shape index (κ2) is 15.3. The fourth-order valence-corrected chi connectivity index (χ4v) is 6.76. The molecule has 0 saturated carbocycles. The summed E-state index contributed by atoms with van der Waals surface area (Å²) in [6.07, 6.45) is -26.4. The molecular formula is C33H40O23. The van der Waals surface area contributed by atoms with E-state index in [0.29, 0.717) is 6.07 Å². The van der Waals surface area contributed by atoms with Crippen molar-refractivity contribution < 1.29 is 110 Å². The summed E-state index contributed by atoms with van der Waals surface area (Å²) in [5.41, 5.74) is -3.62. The number of aromatic hydroxyl groups is 2. The Morgan fingerprint density at radius 1 is 0.696 bits per heavy atom. The number of aliphatic hydroxyl groups excluding tert-OH is 11. The van der Waals surface area contributed by atoms with E-state index in [0.717, 1.165) is 6.26 Å². The molecule has 23 nitrogen and oxygen atoms in total. The summed E-state index contributed by atoms with van der Waals surface area (Å²) in [6, 6.07) is 5.47. The van der Waals surface area contributed by atoms with Crippen LogP contribution in [0.15, 0.2) is 45.8 Å². The minimum Gasteiger partial charge on any atom is -0.508 e. The van der Waals surface area contributed by atoms with Crippen molar-refractivity contribution in [3.05, 3.63) is 52.4 Å². The Balaban J connectivity index is 1.63. The van der Waals surface area contributed by atoms with E-state index in [1.54, 1.807) is 0 Å². The molecule has 1 aromatic heterocycles. The first-order valence-electron chi connectivity index (χ1n) is 16.7. The SMILES string of the molecule is O=c1c(-c2ccc(O)cc2)coc2c(C3(O)O[C@H](CO)[C@@H](O)[C@H](O)[C@@]3(O)OC3(O)O[C@H](CO)[C@@H](O)[C@H](O)[C@H]3O)c(O[C@@H]3OC(CO)[C@@H](O)C(O)C3O)cc(O)c12. The molecule has 2 aromatic carbocycles. The number of hydrogen-bond donors (Lipinski definition) is 16. The molecule has 310 valence electrons. The topological polar surface area (TPSA) is 400 Å². The largest absolute Gasteiger partial charge is 0.508 e. The summed E-state index contributed by atoms with van der Waals surface area (Å²) in [7, 11) is 0. The van der Waals surface area contributed by atoms with Gasteiger partial charge in [-0.15, -0.1) is 0 Å². The predicted octanol–water partition coefficient (Wildman–Crippen LogP) is -6.87. The lowest BCUT2D eigenvalue weighted by molar-refractivity contribution is -0.553. The van der Waals surface area contributed by atoms with Crippen LogP contribution in [0.5, 0.6) is 17.2 Å². The van der Waals surface area contributed by atoms with Crippen LogP contribution in [0.3, 0.4) is 0 Å². The molecule has 15 atom stereocenters. The van der Waals surface area contributed by atoms with E-state index in [9.17, 15) is 86.5 Å². The van der Waals surface area contributed by atoms with Gasteiger partial charge in [-0.2, -0.15) is 0 Å². The lowest BCUT2D eigenvalue weighted by atomic mass is 9.83. The molecule has 6 rings (SSSR count). The maximum atomic E-state index is 14.0. The van der Waals surface area contributed by atoms with E-state index in [-0.39, 0.29) is 16.9 Å². The fourth-order valence-electron chi connectivity index (χ4n) is 6.76. The molecule has 5 unspecified atom stereocenters. The van der Waals surface area contributed by atoms with Crippen molar-refractivity contribution in [1.29, 1.82) is 0 Å². The maximum absolute atomic E-state index is 14.0. The average Bonchev–Trinajstić information content (AvgIpc) is 3.17. The molecule has 4 heterocycles. The van der Waals surface area contributed by atoms with E-state index in [2.05, 4.69) is 0 Å². The Bertz CT molecular complexity index is 1940. The van der Waals surface area contributed by atoms with Gasteiger partial charge in [0.2, 0.25) is 11.7 Å². The van der Waals surface area contributed by atoms with E-state index in [1.807, 2.05) is 0 Å². The zero-order chi connectivity index (χ0) is 41.2. The van der Waals surface area contributed by atoms with Crippen LogP contribution in [0.1, 0.15) is 5.56 Å². The lowest BCUT2D eigenvalue weighted by Crippen LogP contribution is -2.77. The number of fused-ring (bicyclic) bond motifs is 1. The number of ether oxygens (including phenoxy) is 5. The normalized spacial score (nSPS) is 40.5. The highest BCUT2D eigenvalue weighted by molar-refractivity contribution is 5.91. The lowest BCUT2D eigenvalue weighted by Gasteiger charge is -2.55. The van der Waals surface area contributed by atoms with Crippen LogP contribution in [0.4, 0.5) is 0 Å². The van der Waals surface area contributed by atoms with Gasteiger partial charge in [0.05, 0.1) is 25.4 Å². The molecule has 0 spiro atoms. The first-order chi connectivity index (χ1) is 26.3. The molecule has 3 saturated heterocycles. The monoisotopic (exact) mass is 804 g/mol. The van der Waals surface area contributed by atoms with Crippen LogP contribution in [0, 0.1) is 0 Å². The van der Waals surface area contributed by atoms with Gasteiger partial charge >= 0.3 is 5.97 Å². The molecule has 0 bridgehead atoms. The molecule has 16 N–H and O–H groups in total. The second-order valence-electron chi connectivity index (χ2n) is 13.4. The zero-order valence-corrected chi connectivity index (χ0v) is 28.5. The number of hydrogen-bond acceptors (Lipinski definition) is 23. The maximum Gasteiger partial charge on any atom is 0.313 e. The second-order valence-corrected chi connectivity index (χ2v) is 13.4. The number of aliphatic hydroxyl groups is 14. The Morgan fingerprint density at radius 3 is 1.89 bits per heavy atom. The zero-order valence-electron chi connectivity index (χ0n) is 28.5. The summed E-state index contributed by atoms with van der Waals surface area (Å²) >= 11 is 0. The number of benzene rings is 2. The highest BCUT2D eigenvalue weighted by atomic mass is 16.9. The fraction of sp³-hybridized carbons (Fsp3) is 0.545. The molecule has 3 aromatic rings. The average molecular weight is 805 g/mol. The van der Waals surface area contributed by atoms with Crippen molar-refractivity contribution in [2.45, 2.75) is 91.0 Å². The molecule has 3 aliphatic heterocycles. The standard InChI is InChI=1S/C33H40O23/c34-6-15-21(40)24(43)26(45)30(53-15)52-14-5-13(38)18-20(39)12(10-1-3-11(37)4-2-10)9-51-27(18)19(14)31(48)32(49,28(46)23(42)17(8-36)54-31)56-33(50)29(47)25(44)22(41)16(7-35)55-33/h1-5,9,15-17,21-26,28-30,34-38,40-50H,6-8H2/t15?,16-,17-,21-,22-,23-,24?,25+,26?,28+,29-,30-,31?,32-,33?/m1/s1. The Hall–Kier alpha value is -3.67. The van der Waals surface area contributed by atoms with Crippen LogP contribution in [-0.4, -0.2) is 187 Å². The van der Waals surface area contributed by atoms with Gasteiger partial charge in [-0.25, -0.2) is 0 Å². The molecular weight excluding hydrogens is 764 g/mol. The number of phenolic OH excluding ortho intramolecular Hbond substituents is 2. The summed E-state index contributed by atoms with van der Waals surface area (Å²) in [5.74, 6) is -14.4. The molecule has 0 radical (unpaired) electrons. The third-order valence-corrected chi connectivity index (χ3v) is 9.92. The molecule has 0 aliphatic carbocycles. The van der Waals surface area contributed by atoms with Crippen LogP contribution in [-0.2, 0) is 24.7 Å². The van der Waals surface area contributed by atoms with E-state index in [1.165, 1.54) is 24.3 Å². The van der Waals surface area contributed by atoms with Gasteiger partial charge in [0, 0.05) is 6.07 Å². The third kappa shape index (κ3) is 6.59. The van der Waals surface area contributed by atoms with Gasteiger partial charge in [0.15, 0.2) is 11.7 Å². The van der Waals surface area contributed by atoms with Crippen LogP contribution in [0.2, 0.25) is 0 Å². The van der Waals surface area contributed by atoms with Crippen molar-refractivity contribution in [3.63, 3.8) is 0 Å². The summed E-state index contributed by atoms with van der Waals surface area (Å²) in [5, 5.41) is 171. The summed E-state index contributed by atoms with van der Waals surface area (Å²) < 4.78 is 32.5. The molecule has 3 aliphatic rings. The van der Waals surface area contributed by atoms with E-state index < -0.39 is 144 Å². The quantitative estimate of drug-likeness (QED) is 0.0894. The van der Waals surface area contributed by atoms with Gasteiger partial charge in [0.1, 0.15) is 95.5 Å². The smallest absolute Gasteiger partial charge is 0.313 e. The Kier molecular flexibility index (Phi) is 11.4. The minimum atomic E-state index is -4.21. The number of rotatable bonds is 9. The van der Waals surface area contributed by atoms with Gasteiger partial charge in [-0.1, -0.05) is 12.1 Å². The first-order valence-corrected chi connectivity index (χ1v) is 16.7. The van der Waals surface area contributed by atoms with Gasteiger partial charge < -0.3 is 105 Å². The van der Waals surface area contributed by atoms with Gasteiger partial charge in [0.25, 0.3) is 11.6 Å². The summed E-state index contributed by atoms with van der Waals surface area (Å²) in [6.45, 7) is -3.46. The number of phenols is 2. The van der Waals surface area contributed by atoms with Crippen LogP contribution >= 0.6 is 0 Å². The molecule has 56 heavy (non-hydrogen) atoms. The van der Waals surface area contributed by atoms with E-state index >= 15 is 0 Å². The van der Waals surface area contributed by atoms with Gasteiger partial charge in [-0.05, 0) is 17.7 Å². The van der Waals surface area contributed by atoms with Crippen molar-refractivity contribution in [2.75, 3.05) is 19.8 Å². The van der Waals surface area contributed by atoms with Crippen LogP contribution < -0.4 is 10.2 Å². The predicted molar refractivity (Wildman–Crippen MR) is 174 cm³/mol. The minimum absolute atomic E-state index is 0.0947. The van der Waals surface area contributed by atoms with Gasteiger partial charge in [-0.3, -0.25) is 9.53 Å². The van der Waals surface area contributed by atoms with Crippen molar-refractivity contribution in [1.82, 2.24) is 0 Å². The summed E-state index contributed by atoms with van der Waals surface area (Å²) in [4.78, 5) is 14.0. The first kappa shape index (κ1) is 41.9. The molecule has 3 fully saturated rings. The highest BCUT2D eigenvalue weighted by Gasteiger charge is 2.72. The molecule has 0 amide bonds.